The number of hydrogen-bond acceptors (Lipinski definition) is 3. The van der Waals surface area contributed by atoms with Crippen molar-refractivity contribution in [2.24, 2.45) is 0 Å². The van der Waals surface area contributed by atoms with Crippen LogP contribution < -0.4 is 4.74 Å². The predicted octanol–water partition coefficient (Wildman–Crippen LogP) is 2.43. The largest absolute Gasteiger partial charge is 0.507 e. The molecule has 0 amide bonds. The van der Waals surface area contributed by atoms with Gasteiger partial charge in [0.1, 0.15) is 22.1 Å². The van der Waals surface area contributed by atoms with Gasteiger partial charge < -0.3 is 9.84 Å². The molecule has 3 nitrogen and oxygen atoms in total. The number of aromatic hydroxyl groups is 1. The number of methoxy groups -OCH3 is 1. The summed E-state index contributed by atoms with van der Waals surface area (Å²) in [5.41, 5.74) is 0.475. The number of alkyl halides is 1. The zero-order valence-electron chi connectivity index (χ0n) is 7.95. The third-order valence-corrected chi connectivity index (χ3v) is 2.98. The quantitative estimate of drug-likeness (QED) is 0.848. The van der Waals surface area contributed by atoms with Crippen LogP contribution in [0.4, 0.5) is 0 Å². The molecule has 0 fully saturated rings. The molecule has 0 heterocycles. The second kappa shape index (κ2) is 4.46. The second-order valence-electron chi connectivity index (χ2n) is 2.87. The Bertz CT molecular complexity index is 349. The predicted molar refractivity (Wildman–Crippen MR) is 57.0 cm³/mol. The van der Waals surface area contributed by atoms with Gasteiger partial charge in [0.15, 0.2) is 0 Å². The Morgan fingerprint density at radius 1 is 1.57 bits per heavy atom. The lowest BCUT2D eigenvalue weighted by atomic mass is 10.1. The van der Waals surface area contributed by atoms with Crippen molar-refractivity contribution >= 4 is 21.7 Å². The number of hydrogen-bond donors (Lipinski definition) is 1. The van der Waals surface area contributed by atoms with E-state index in [4.69, 9.17) is 4.74 Å². The van der Waals surface area contributed by atoms with E-state index in [1.54, 1.807) is 12.1 Å². The number of carbonyl (C=O) groups excluding carboxylic acids is 1. The second-order valence-corrected chi connectivity index (χ2v) is 3.78. The minimum atomic E-state index is -0.529. The van der Waals surface area contributed by atoms with Crippen molar-refractivity contribution in [2.75, 3.05) is 7.11 Å². The fourth-order valence-corrected chi connectivity index (χ4v) is 1.63. The topological polar surface area (TPSA) is 46.5 Å². The summed E-state index contributed by atoms with van der Waals surface area (Å²) in [7, 11) is 1.50. The molecule has 0 spiro atoms. The first-order chi connectivity index (χ1) is 6.57. The maximum atomic E-state index is 11.2. The van der Waals surface area contributed by atoms with Crippen LogP contribution in [0.15, 0.2) is 18.2 Å². The lowest BCUT2D eigenvalue weighted by molar-refractivity contribution is -0.116. The normalized spacial score (nSPS) is 12.2. The van der Waals surface area contributed by atoms with E-state index in [-0.39, 0.29) is 11.5 Å². The van der Waals surface area contributed by atoms with Gasteiger partial charge >= 0.3 is 0 Å². The Morgan fingerprint density at radius 3 is 2.71 bits per heavy atom. The van der Waals surface area contributed by atoms with Gasteiger partial charge in [-0.25, -0.2) is 0 Å². The number of phenolic OH excluding ortho intramolecular Hbond substituents is 1. The lowest BCUT2D eigenvalue weighted by Gasteiger charge is -2.13. The van der Waals surface area contributed by atoms with Gasteiger partial charge in [-0.05, 0) is 19.1 Å². The first kappa shape index (κ1) is 11.0. The molecule has 0 aliphatic heterocycles. The molecule has 4 heteroatoms. The van der Waals surface area contributed by atoms with Crippen molar-refractivity contribution in [1.29, 1.82) is 0 Å². The van der Waals surface area contributed by atoms with Crippen LogP contribution in [0.1, 0.15) is 17.3 Å². The van der Waals surface area contributed by atoms with Crippen molar-refractivity contribution in [2.45, 2.75) is 11.8 Å². The molecule has 1 aromatic carbocycles. The van der Waals surface area contributed by atoms with Crippen LogP contribution in [0.2, 0.25) is 0 Å². The fourth-order valence-electron chi connectivity index (χ4n) is 1.17. The first-order valence-corrected chi connectivity index (χ1v) is 5.00. The molecule has 1 unspecified atom stereocenters. The molecular formula is C10H11BrO3. The van der Waals surface area contributed by atoms with Crippen molar-refractivity contribution in [1.82, 2.24) is 0 Å². The van der Waals surface area contributed by atoms with E-state index < -0.39 is 4.83 Å². The van der Waals surface area contributed by atoms with Gasteiger partial charge in [0, 0.05) is 0 Å². The Kier molecular flexibility index (Phi) is 3.52. The van der Waals surface area contributed by atoms with Crippen molar-refractivity contribution < 1.29 is 14.6 Å². The summed E-state index contributed by atoms with van der Waals surface area (Å²) in [5, 5.41) is 9.58. The summed E-state index contributed by atoms with van der Waals surface area (Å²) in [4.78, 5) is 10.6. The van der Waals surface area contributed by atoms with Crippen LogP contribution in [-0.2, 0) is 4.79 Å². The molecular weight excluding hydrogens is 248 g/mol. The summed E-state index contributed by atoms with van der Waals surface area (Å²) >= 11 is 3.20. The number of Topliss-reactive ketones (excluding diaryl/α,β-unsaturated/α-hetero) is 1. The number of ether oxygens (including phenoxy) is 1. The molecule has 1 atom stereocenters. The SMILES string of the molecule is COc1cccc(O)c1C(Br)C(C)=O. The highest BCUT2D eigenvalue weighted by molar-refractivity contribution is 9.09. The molecule has 0 saturated heterocycles. The van der Waals surface area contributed by atoms with E-state index in [0.717, 1.165) is 0 Å². The maximum Gasteiger partial charge on any atom is 0.148 e. The van der Waals surface area contributed by atoms with Crippen LogP contribution in [0, 0.1) is 0 Å². The van der Waals surface area contributed by atoms with E-state index in [9.17, 15) is 9.90 Å². The van der Waals surface area contributed by atoms with Crippen LogP contribution >= 0.6 is 15.9 Å². The van der Waals surface area contributed by atoms with Gasteiger partial charge in [-0.3, -0.25) is 4.79 Å². The van der Waals surface area contributed by atoms with Gasteiger partial charge in [0.05, 0.1) is 12.7 Å². The van der Waals surface area contributed by atoms with E-state index in [2.05, 4.69) is 15.9 Å². The molecule has 76 valence electrons. The lowest BCUT2D eigenvalue weighted by Crippen LogP contribution is -2.03. The van der Waals surface area contributed by atoms with Crippen molar-refractivity contribution in [3.05, 3.63) is 23.8 Å². The minimum absolute atomic E-state index is 0.0569. The molecule has 0 aromatic heterocycles. The number of benzene rings is 1. The standard InChI is InChI=1S/C10H11BrO3/c1-6(12)10(11)9-7(13)4-3-5-8(9)14-2/h3-5,10,13H,1-2H3. The van der Waals surface area contributed by atoms with E-state index in [0.29, 0.717) is 11.3 Å². The Balaban J connectivity index is 3.23. The molecule has 0 radical (unpaired) electrons. The van der Waals surface area contributed by atoms with E-state index in [1.807, 2.05) is 0 Å². The van der Waals surface area contributed by atoms with E-state index >= 15 is 0 Å². The number of ketones is 1. The van der Waals surface area contributed by atoms with Crippen LogP contribution in [-0.4, -0.2) is 18.0 Å². The molecule has 0 bridgehead atoms. The summed E-state index contributed by atoms with van der Waals surface area (Å²) in [5.74, 6) is 0.480. The van der Waals surface area contributed by atoms with Crippen LogP contribution in [0.5, 0.6) is 11.5 Å². The van der Waals surface area contributed by atoms with Gasteiger partial charge in [0.25, 0.3) is 0 Å². The van der Waals surface area contributed by atoms with Crippen LogP contribution in [0.3, 0.4) is 0 Å². The highest BCUT2D eigenvalue weighted by atomic mass is 79.9. The third kappa shape index (κ3) is 2.07. The first-order valence-electron chi connectivity index (χ1n) is 4.08. The van der Waals surface area contributed by atoms with Crippen LogP contribution in [0.25, 0.3) is 0 Å². The average molecular weight is 259 g/mol. The number of halogens is 1. The summed E-state index contributed by atoms with van der Waals surface area (Å²) in [6.45, 7) is 1.45. The number of carbonyl (C=O) groups is 1. The van der Waals surface area contributed by atoms with Gasteiger partial charge in [-0.15, -0.1) is 0 Å². The zero-order valence-corrected chi connectivity index (χ0v) is 9.54. The molecule has 1 rings (SSSR count). The Morgan fingerprint density at radius 2 is 2.21 bits per heavy atom. The van der Waals surface area contributed by atoms with Gasteiger partial charge in [-0.1, -0.05) is 22.0 Å². The summed E-state index contributed by atoms with van der Waals surface area (Å²) < 4.78 is 5.06. The molecule has 0 aliphatic rings. The minimum Gasteiger partial charge on any atom is -0.507 e. The highest BCUT2D eigenvalue weighted by Gasteiger charge is 2.20. The van der Waals surface area contributed by atoms with E-state index in [1.165, 1.54) is 20.1 Å². The average Bonchev–Trinajstić information content (AvgIpc) is 2.16. The fraction of sp³-hybridized carbons (Fsp3) is 0.300. The van der Waals surface area contributed by atoms with Crippen molar-refractivity contribution in [3.63, 3.8) is 0 Å². The third-order valence-electron chi connectivity index (χ3n) is 1.87. The molecule has 1 N–H and O–H groups in total. The Labute approximate surface area is 90.8 Å². The molecule has 0 aliphatic carbocycles. The monoisotopic (exact) mass is 258 g/mol. The smallest absolute Gasteiger partial charge is 0.148 e. The van der Waals surface area contributed by atoms with Gasteiger partial charge in [-0.2, -0.15) is 0 Å². The van der Waals surface area contributed by atoms with Crippen molar-refractivity contribution in [3.8, 4) is 11.5 Å². The molecule has 0 saturated carbocycles. The molecule has 1 aromatic rings. The summed E-state index contributed by atoms with van der Waals surface area (Å²) in [6, 6.07) is 4.89. The highest BCUT2D eigenvalue weighted by Crippen LogP contribution is 2.38. The number of phenols is 1. The number of rotatable bonds is 3. The van der Waals surface area contributed by atoms with Gasteiger partial charge in [0.2, 0.25) is 0 Å². The zero-order chi connectivity index (χ0) is 10.7. The molecule has 14 heavy (non-hydrogen) atoms. The maximum absolute atomic E-state index is 11.2. The Hall–Kier alpha value is -1.03. The summed E-state index contributed by atoms with van der Waals surface area (Å²) in [6.07, 6.45) is 0.